The predicted octanol–water partition coefficient (Wildman–Crippen LogP) is 4.83. The number of hydrogen-bond acceptors (Lipinski definition) is 3. The second kappa shape index (κ2) is 8.12. The van der Waals surface area contributed by atoms with Crippen molar-refractivity contribution in [1.29, 1.82) is 0 Å². The summed E-state index contributed by atoms with van der Waals surface area (Å²) >= 11 is 0. The molecule has 0 saturated carbocycles. The summed E-state index contributed by atoms with van der Waals surface area (Å²) in [7, 11) is 0. The molecular formula is C20H24F3NO3. The molecule has 1 fully saturated rings. The Kier molecular flexibility index (Phi) is 6.30. The van der Waals surface area contributed by atoms with Crippen molar-refractivity contribution >= 4 is 6.09 Å². The zero-order valence-electron chi connectivity index (χ0n) is 15.7. The molecular weight excluding hydrogens is 359 g/mol. The Morgan fingerprint density at radius 1 is 1.26 bits per heavy atom. The Labute approximate surface area is 157 Å². The fraction of sp³-hybridized carbons (Fsp3) is 0.550. The number of piperidine rings is 1. The van der Waals surface area contributed by atoms with E-state index in [4.69, 9.17) is 15.9 Å². The van der Waals surface area contributed by atoms with Crippen molar-refractivity contribution in [3.05, 3.63) is 29.3 Å². The molecule has 27 heavy (non-hydrogen) atoms. The predicted molar refractivity (Wildman–Crippen MR) is 95.6 cm³/mol. The van der Waals surface area contributed by atoms with Gasteiger partial charge in [-0.25, -0.2) is 4.79 Å². The van der Waals surface area contributed by atoms with Crippen molar-refractivity contribution in [3.8, 4) is 18.1 Å². The molecule has 7 heteroatoms. The van der Waals surface area contributed by atoms with Gasteiger partial charge in [-0.3, -0.25) is 0 Å². The number of carbonyl (C=O) groups excluding carboxylic acids is 1. The Bertz CT molecular complexity index is 709. The monoisotopic (exact) mass is 383 g/mol. The van der Waals surface area contributed by atoms with Gasteiger partial charge < -0.3 is 14.4 Å². The molecule has 0 radical (unpaired) electrons. The molecule has 1 aliphatic rings. The highest BCUT2D eigenvalue weighted by atomic mass is 19.4. The maximum Gasteiger partial charge on any atom is 0.416 e. The average molecular weight is 383 g/mol. The van der Waals surface area contributed by atoms with Crippen molar-refractivity contribution < 1.29 is 27.4 Å². The second-order valence-corrected chi connectivity index (χ2v) is 7.48. The van der Waals surface area contributed by atoms with Crippen molar-refractivity contribution in [1.82, 2.24) is 4.90 Å². The molecule has 0 unspecified atom stereocenters. The van der Waals surface area contributed by atoms with E-state index in [-0.39, 0.29) is 24.4 Å². The number of carbonyl (C=O) groups is 1. The fourth-order valence-electron chi connectivity index (χ4n) is 2.99. The summed E-state index contributed by atoms with van der Waals surface area (Å²) in [6, 6.07) is 3.49. The topological polar surface area (TPSA) is 38.8 Å². The van der Waals surface area contributed by atoms with Crippen LogP contribution in [0.15, 0.2) is 18.2 Å². The molecule has 1 heterocycles. The van der Waals surface area contributed by atoms with Crippen LogP contribution in [0.3, 0.4) is 0 Å². The molecule has 148 valence electrons. The van der Waals surface area contributed by atoms with E-state index in [2.05, 4.69) is 5.92 Å². The van der Waals surface area contributed by atoms with E-state index in [0.29, 0.717) is 31.5 Å². The summed E-state index contributed by atoms with van der Waals surface area (Å²) in [5, 5.41) is 0. The van der Waals surface area contributed by atoms with Crippen molar-refractivity contribution in [2.24, 2.45) is 0 Å². The van der Waals surface area contributed by atoms with Gasteiger partial charge >= 0.3 is 12.3 Å². The molecule has 0 atom stereocenters. The van der Waals surface area contributed by atoms with Crippen LogP contribution in [-0.4, -0.2) is 36.3 Å². The van der Waals surface area contributed by atoms with Crippen LogP contribution in [-0.2, 0) is 10.9 Å². The maximum absolute atomic E-state index is 13.0. The minimum atomic E-state index is -4.45. The minimum Gasteiger partial charge on any atom is -0.481 e. The van der Waals surface area contributed by atoms with Crippen LogP contribution < -0.4 is 4.74 Å². The number of rotatable bonds is 3. The van der Waals surface area contributed by atoms with Gasteiger partial charge in [0, 0.05) is 13.1 Å². The van der Waals surface area contributed by atoms with Gasteiger partial charge in [0.05, 0.1) is 5.56 Å². The Morgan fingerprint density at radius 3 is 2.41 bits per heavy atom. The minimum absolute atomic E-state index is 0.0151. The SMILES string of the molecule is C#CCOc1cc(C(F)(F)F)ccc1C1CCN(C(=O)OC(C)(C)C)CC1. The summed E-state index contributed by atoms with van der Waals surface area (Å²) in [4.78, 5) is 13.8. The summed E-state index contributed by atoms with van der Waals surface area (Å²) in [5.74, 6) is 2.41. The number of alkyl halides is 3. The normalized spacial score (nSPS) is 16.0. The molecule has 1 amide bonds. The lowest BCUT2D eigenvalue weighted by molar-refractivity contribution is -0.137. The number of nitrogens with zero attached hydrogens (tertiary/aromatic N) is 1. The largest absolute Gasteiger partial charge is 0.481 e. The molecule has 1 aromatic rings. The van der Waals surface area contributed by atoms with Crippen LogP contribution in [0, 0.1) is 12.3 Å². The van der Waals surface area contributed by atoms with Gasteiger partial charge in [0.2, 0.25) is 0 Å². The van der Waals surface area contributed by atoms with E-state index >= 15 is 0 Å². The summed E-state index contributed by atoms with van der Waals surface area (Å²) in [6.45, 7) is 6.23. The van der Waals surface area contributed by atoms with Crippen LogP contribution in [0.1, 0.15) is 50.7 Å². The highest BCUT2D eigenvalue weighted by Gasteiger charge is 2.33. The summed E-state index contributed by atoms with van der Waals surface area (Å²) in [5.41, 5.74) is -0.663. The van der Waals surface area contributed by atoms with Crippen molar-refractivity contribution in [3.63, 3.8) is 0 Å². The first kappa shape index (κ1) is 20.9. The standard InChI is InChI=1S/C20H24F3NO3/c1-5-12-26-17-13-15(20(21,22)23)6-7-16(17)14-8-10-24(11-9-14)18(25)27-19(2,3)4/h1,6-7,13-14H,8-12H2,2-4H3. The first-order valence-corrected chi connectivity index (χ1v) is 8.76. The third kappa shape index (κ3) is 5.81. The highest BCUT2D eigenvalue weighted by molar-refractivity contribution is 5.68. The molecule has 0 aromatic heterocycles. The van der Waals surface area contributed by atoms with Gasteiger partial charge in [0.15, 0.2) is 0 Å². The molecule has 0 bridgehead atoms. The van der Waals surface area contributed by atoms with E-state index in [1.807, 2.05) is 0 Å². The van der Waals surface area contributed by atoms with Gasteiger partial charge in [0.25, 0.3) is 0 Å². The number of halogens is 3. The lowest BCUT2D eigenvalue weighted by Gasteiger charge is -2.34. The lowest BCUT2D eigenvalue weighted by atomic mass is 9.88. The van der Waals surface area contributed by atoms with Crippen LogP contribution >= 0.6 is 0 Å². The Morgan fingerprint density at radius 2 is 1.89 bits per heavy atom. The maximum atomic E-state index is 13.0. The third-order valence-corrected chi connectivity index (χ3v) is 4.24. The van der Waals surface area contributed by atoms with Gasteiger partial charge in [-0.2, -0.15) is 13.2 Å². The van der Waals surface area contributed by atoms with E-state index in [1.165, 1.54) is 6.07 Å². The summed E-state index contributed by atoms with van der Waals surface area (Å²) < 4.78 is 49.7. The van der Waals surface area contributed by atoms with Crippen LogP contribution in [0.5, 0.6) is 5.75 Å². The van der Waals surface area contributed by atoms with Crippen LogP contribution in [0.2, 0.25) is 0 Å². The smallest absolute Gasteiger partial charge is 0.416 e. The number of ether oxygens (including phenoxy) is 2. The van der Waals surface area contributed by atoms with Gasteiger partial charge in [0.1, 0.15) is 18.0 Å². The highest BCUT2D eigenvalue weighted by Crippen LogP contribution is 2.39. The van der Waals surface area contributed by atoms with Crippen LogP contribution in [0.4, 0.5) is 18.0 Å². The molecule has 1 aromatic carbocycles. The van der Waals surface area contributed by atoms with E-state index in [9.17, 15) is 18.0 Å². The third-order valence-electron chi connectivity index (χ3n) is 4.24. The second-order valence-electron chi connectivity index (χ2n) is 7.48. The van der Waals surface area contributed by atoms with E-state index in [1.54, 1.807) is 25.7 Å². The van der Waals surface area contributed by atoms with Gasteiger partial charge in [-0.05, 0) is 57.2 Å². The lowest BCUT2D eigenvalue weighted by Crippen LogP contribution is -2.41. The van der Waals surface area contributed by atoms with Gasteiger partial charge in [-0.1, -0.05) is 12.0 Å². The Hall–Kier alpha value is -2.36. The summed E-state index contributed by atoms with van der Waals surface area (Å²) in [6.07, 6.45) is 1.56. The molecule has 2 rings (SSSR count). The molecule has 1 aliphatic heterocycles. The van der Waals surface area contributed by atoms with Gasteiger partial charge in [-0.15, -0.1) is 6.42 Å². The van der Waals surface area contributed by atoms with E-state index < -0.39 is 17.3 Å². The fourth-order valence-corrected chi connectivity index (χ4v) is 2.99. The first-order valence-electron chi connectivity index (χ1n) is 8.76. The number of likely N-dealkylation sites (tertiary alicyclic amines) is 1. The van der Waals surface area contributed by atoms with Crippen LogP contribution in [0.25, 0.3) is 0 Å². The molecule has 0 spiro atoms. The Balaban J connectivity index is 2.12. The number of benzene rings is 1. The number of amides is 1. The van der Waals surface area contributed by atoms with E-state index in [0.717, 1.165) is 12.1 Å². The first-order chi connectivity index (χ1) is 12.5. The molecule has 0 N–H and O–H groups in total. The average Bonchev–Trinajstić information content (AvgIpc) is 2.57. The van der Waals surface area contributed by atoms with Crippen molar-refractivity contribution in [2.75, 3.05) is 19.7 Å². The quantitative estimate of drug-likeness (QED) is 0.702. The molecule has 1 saturated heterocycles. The molecule has 0 aliphatic carbocycles. The van der Waals surface area contributed by atoms with Crippen molar-refractivity contribution in [2.45, 2.75) is 51.3 Å². The number of hydrogen-bond donors (Lipinski definition) is 0. The zero-order chi connectivity index (χ0) is 20.2. The number of terminal acetylenes is 1. The molecule has 4 nitrogen and oxygen atoms in total. The zero-order valence-corrected chi connectivity index (χ0v) is 15.7.